The van der Waals surface area contributed by atoms with Crippen molar-refractivity contribution in [2.45, 2.75) is 23.8 Å². The van der Waals surface area contributed by atoms with Gasteiger partial charge in [0.25, 0.3) is 5.69 Å². The molecule has 0 radical (unpaired) electrons. The summed E-state index contributed by atoms with van der Waals surface area (Å²) in [7, 11) is -2.59. The molecule has 0 amide bonds. The second kappa shape index (κ2) is 8.64. The quantitative estimate of drug-likeness (QED) is 0.529. The van der Waals surface area contributed by atoms with E-state index in [-0.39, 0.29) is 27.9 Å². The van der Waals surface area contributed by atoms with Gasteiger partial charge in [0.05, 0.1) is 27.1 Å². The molecule has 158 valence electrons. The maximum Gasteiger partial charge on any atom is 0.293 e. The van der Waals surface area contributed by atoms with Crippen LogP contribution in [-0.4, -0.2) is 39.5 Å². The minimum absolute atomic E-state index is 0.196. The summed E-state index contributed by atoms with van der Waals surface area (Å²) in [6.07, 6.45) is 1.44. The van der Waals surface area contributed by atoms with Gasteiger partial charge in [0, 0.05) is 25.2 Å². The molecule has 1 unspecified atom stereocenters. The number of nitro groups is 1. The van der Waals surface area contributed by atoms with Gasteiger partial charge in [-0.25, -0.2) is 17.5 Å². The van der Waals surface area contributed by atoms with Gasteiger partial charge in [0.15, 0.2) is 0 Å². The molecule has 1 aliphatic heterocycles. The lowest BCUT2D eigenvalue weighted by atomic mass is 10.0. The van der Waals surface area contributed by atoms with Gasteiger partial charge in [0.1, 0.15) is 11.5 Å². The first kappa shape index (κ1) is 21.5. The third-order valence-electron chi connectivity index (χ3n) is 4.94. The first-order valence-electron chi connectivity index (χ1n) is 9.18. The number of benzene rings is 2. The minimum Gasteiger partial charge on any atom is -0.375 e. The zero-order valence-electron chi connectivity index (χ0n) is 16.1. The number of anilines is 2. The van der Waals surface area contributed by atoms with Crippen LogP contribution in [0.4, 0.5) is 21.5 Å². The van der Waals surface area contributed by atoms with Crippen molar-refractivity contribution in [2.75, 3.05) is 30.4 Å². The fraction of sp³-hybridized carbons (Fsp3) is 0.316. The zero-order chi connectivity index (χ0) is 21.9. The highest BCUT2D eigenvalue weighted by Crippen LogP contribution is 2.30. The first-order valence-corrected chi connectivity index (χ1v) is 10.7. The van der Waals surface area contributed by atoms with E-state index >= 15 is 0 Å². The maximum atomic E-state index is 14.4. The summed E-state index contributed by atoms with van der Waals surface area (Å²) in [5, 5.41) is 23.5. The Labute approximate surface area is 173 Å². The number of piperidine rings is 1. The van der Waals surface area contributed by atoms with Crippen molar-refractivity contribution in [1.29, 1.82) is 5.26 Å². The van der Waals surface area contributed by atoms with Gasteiger partial charge < -0.3 is 10.2 Å². The lowest BCUT2D eigenvalue weighted by Crippen LogP contribution is -2.42. The standard InChI is InChI=1S/C19H20FN5O4S/c1-22-30(28,29)15-5-6-17(19(10-15)25(26)27)23-14-3-2-8-24(12-14)18-7-4-13(11-21)9-16(18)20/h4-7,9-10,14,22-23H,2-3,8,12H2,1H3. The van der Waals surface area contributed by atoms with Crippen molar-refractivity contribution < 1.29 is 17.7 Å². The van der Waals surface area contributed by atoms with E-state index in [0.29, 0.717) is 25.2 Å². The van der Waals surface area contributed by atoms with E-state index in [1.54, 1.807) is 12.1 Å². The predicted molar refractivity (Wildman–Crippen MR) is 109 cm³/mol. The van der Waals surface area contributed by atoms with Crippen LogP contribution in [0, 0.1) is 27.3 Å². The predicted octanol–water partition coefficient (Wildman–Crippen LogP) is 2.59. The van der Waals surface area contributed by atoms with E-state index in [1.165, 1.54) is 25.2 Å². The molecule has 1 atom stereocenters. The Morgan fingerprint density at radius 2 is 2.07 bits per heavy atom. The van der Waals surface area contributed by atoms with E-state index in [9.17, 15) is 22.9 Å². The molecule has 0 saturated carbocycles. The maximum absolute atomic E-state index is 14.4. The molecule has 0 bridgehead atoms. The molecule has 1 aliphatic rings. The topological polar surface area (TPSA) is 128 Å². The summed E-state index contributed by atoms with van der Waals surface area (Å²) >= 11 is 0. The van der Waals surface area contributed by atoms with Crippen molar-refractivity contribution in [3.05, 3.63) is 57.9 Å². The third-order valence-corrected chi connectivity index (χ3v) is 6.36. The zero-order valence-corrected chi connectivity index (χ0v) is 16.9. The largest absolute Gasteiger partial charge is 0.375 e. The van der Waals surface area contributed by atoms with Crippen molar-refractivity contribution in [2.24, 2.45) is 0 Å². The first-order chi connectivity index (χ1) is 14.2. The highest BCUT2D eigenvalue weighted by Gasteiger charge is 2.26. The van der Waals surface area contributed by atoms with Gasteiger partial charge in [-0.05, 0) is 50.2 Å². The summed E-state index contributed by atoms with van der Waals surface area (Å²) in [6, 6.07) is 9.63. The van der Waals surface area contributed by atoms with Crippen molar-refractivity contribution in [1.82, 2.24) is 4.72 Å². The van der Waals surface area contributed by atoms with Gasteiger partial charge >= 0.3 is 0 Å². The Morgan fingerprint density at radius 3 is 2.70 bits per heavy atom. The van der Waals surface area contributed by atoms with Crippen molar-refractivity contribution in [3.8, 4) is 6.07 Å². The molecule has 1 heterocycles. The van der Waals surface area contributed by atoms with Crippen LogP contribution in [0.3, 0.4) is 0 Å². The molecule has 30 heavy (non-hydrogen) atoms. The third kappa shape index (κ3) is 4.50. The Kier molecular flexibility index (Phi) is 6.19. The summed E-state index contributed by atoms with van der Waals surface area (Å²) in [4.78, 5) is 12.5. The van der Waals surface area contributed by atoms with Gasteiger partial charge in [-0.1, -0.05) is 0 Å². The second-order valence-electron chi connectivity index (χ2n) is 6.85. The Balaban J connectivity index is 1.82. The van der Waals surface area contributed by atoms with Gasteiger partial charge in [0.2, 0.25) is 10.0 Å². The molecule has 2 aromatic rings. The molecule has 2 N–H and O–H groups in total. The number of nitrogens with one attached hydrogen (secondary N) is 2. The number of nitriles is 1. The van der Waals surface area contributed by atoms with Crippen LogP contribution in [0.25, 0.3) is 0 Å². The molecule has 11 heteroatoms. The van der Waals surface area contributed by atoms with Crippen molar-refractivity contribution >= 4 is 27.1 Å². The SMILES string of the molecule is CNS(=O)(=O)c1ccc(NC2CCCN(c3ccc(C#N)cc3F)C2)c([N+](=O)[O-])c1. The molecular weight excluding hydrogens is 413 g/mol. The lowest BCUT2D eigenvalue weighted by molar-refractivity contribution is -0.384. The fourth-order valence-electron chi connectivity index (χ4n) is 3.44. The molecule has 0 aliphatic carbocycles. The molecular formula is C19H20FN5O4S. The highest BCUT2D eigenvalue weighted by atomic mass is 32.2. The number of nitrogens with zero attached hydrogens (tertiary/aromatic N) is 3. The molecule has 0 aromatic heterocycles. The Bertz CT molecular complexity index is 1120. The van der Waals surface area contributed by atoms with E-state index < -0.39 is 20.8 Å². The van der Waals surface area contributed by atoms with Gasteiger partial charge in [-0.3, -0.25) is 10.1 Å². The van der Waals surface area contributed by atoms with Crippen LogP contribution in [0.5, 0.6) is 0 Å². The number of halogens is 1. The average molecular weight is 433 g/mol. The summed E-state index contributed by atoms with van der Waals surface area (Å²) in [5.74, 6) is -0.498. The van der Waals surface area contributed by atoms with E-state index in [1.807, 2.05) is 11.0 Å². The number of nitro benzene ring substituents is 1. The van der Waals surface area contributed by atoms with Crippen LogP contribution < -0.4 is 14.9 Å². The monoisotopic (exact) mass is 433 g/mol. The van der Waals surface area contributed by atoms with E-state index in [2.05, 4.69) is 10.0 Å². The van der Waals surface area contributed by atoms with Gasteiger partial charge in [-0.2, -0.15) is 5.26 Å². The van der Waals surface area contributed by atoms with Crippen LogP contribution in [-0.2, 0) is 10.0 Å². The van der Waals surface area contributed by atoms with Crippen LogP contribution in [0.1, 0.15) is 18.4 Å². The summed E-state index contributed by atoms with van der Waals surface area (Å²) in [5.41, 5.74) is 0.441. The summed E-state index contributed by atoms with van der Waals surface area (Å²) in [6.45, 7) is 1.01. The second-order valence-corrected chi connectivity index (χ2v) is 8.74. The van der Waals surface area contributed by atoms with Crippen LogP contribution in [0.2, 0.25) is 0 Å². The molecule has 9 nitrogen and oxygen atoms in total. The lowest BCUT2D eigenvalue weighted by Gasteiger charge is -2.35. The van der Waals surface area contributed by atoms with Crippen molar-refractivity contribution in [3.63, 3.8) is 0 Å². The Hall–Kier alpha value is -3.23. The van der Waals surface area contributed by atoms with Gasteiger partial charge in [-0.15, -0.1) is 0 Å². The molecule has 2 aromatic carbocycles. The minimum atomic E-state index is -3.81. The molecule has 3 rings (SSSR count). The van der Waals surface area contributed by atoms with Crippen LogP contribution >= 0.6 is 0 Å². The highest BCUT2D eigenvalue weighted by molar-refractivity contribution is 7.89. The molecule has 0 spiro atoms. The van der Waals surface area contributed by atoms with E-state index in [4.69, 9.17) is 5.26 Å². The van der Waals surface area contributed by atoms with E-state index in [0.717, 1.165) is 12.5 Å². The number of hydrogen-bond acceptors (Lipinski definition) is 7. The number of hydrogen-bond donors (Lipinski definition) is 2. The number of rotatable bonds is 6. The normalized spacial score (nSPS) is 16.7. The molecule has 1 saturated heterocycles. The smallest absolute Gasteiger partial charge is 0.293 e. The average Bonchev–Trinajstić information content (AvgIpc) is 2.73. The molecule has 1 fully saturated rings. The van der Waals surface area contributed by atoms with Crippen LogP contribution in [0.15, 0.2) is 41.3 Å². The fourth-order valence-corrected chi connectivity index (χ4v) is 4.19. The summed E-state index contributed by atoms with van der Waals surface area (Å²) < 4.78 is 40.4. The number of sulfonamides is 1. The Morgan fingerprint density at radius 1 is 1.30 bits per heavy atom.